The van der Waals surface area contributed by atoms with Gasteiger partial charge in [0.05, 0.1) is 10.5 Å². The standard InChI is InChI=1S/C13H13FN2O2/c1-9(2)5-12(16(17)18)7-10-3-4-13(14)11(6-10)8-15/h3-4,6-7,9H,5H2,1-2H3/b12-7-. The summed E-state index contributed by atoms with van der Waals surface area (Å²) in [5, 5.41) is 19.5. The lowest BCUT2D eigenvalue weighted by atomic mass is 10.0. The molecule has 0 N–H and O–H groups in total. The van der Waals surface area contributed by atoms with Crippen molar-refractivity contribution in [3.8, 4) is 6.07 Å². The molecule has 0 aromatic heterocycles. The van der Waals surface area contributed by atoms with Gasteiger partial charge >= 0.3 is 0 Å². The quantitative estimate of drug-likeness (QED) is 0.606. The number of halogens is 1. The van der Waals surface area contributed by atoms with E-state index in [0.29, 0.717) is 12.0 Å². The Balaban J connectivity index is 3.13. The second kappa shape index (κ2) is 5.92. The fourth-order valence-electron chi connectivity index (χ4n) is 1.52. The summed E-state index contributed by atoms with van der Waals surface area (Å²) in [5.74, 6) is -0.473. The van der Waals surface area contributed by atoms with Crippen LogP contribution in [0, 0.1) is 33.2 Å². The summed E-state index contributed by atoms with van der Waals surface area (Å²) in [6.45, 7) is 3.76. The molecule has 1 aromatic carbocycles. The van der Waals surface area contributed by atoms with Gasteiger partial charge in [-0.05, 0) is 23.6 Å². The Bertz CT molecular complexity index is 530. The van der Waals surface area contributed by atoms with Crippen molar-refractivity contribution in [2.75, 3.05) is 0 Å². The molecule has 0 spiro atoms. The number of rotatable bonds is 4. The lowest BCUT2D eigenvalue weighted by Crippen LogP contribution is -2.02. The van der Waals surface area contributed by atoms with Gasteiger partial charge in [0.1, 0.15) is 11.9 Å². The van der Waals surface area contributed by atoms with Crippen LogP contribution in [-0.4, -0.2) is 4.92 Å². The monoisotopic (exact) mass is 248 g/mol. The SMILES string of the molecule is CC(C)C/C(=C/c1ccc(F)c(C#N)c1)[N+](=O)[O-]. The smallest absolute Gasteiger partial charge is 0.247 e. The third-order valence-corrected chi connectivity index (χ3v) is 2.30. The van der Waals surface area contributed by atoms with Gasteiger partial charge in [-0.2, -0.15) is 5.26 Å². The van der Waals surface area contributed by atoms with Crippen LogP contribution in [0.1, 0.15) is 31.4 Å². The summed E-state index contributed by atoms with van der Waals surface area (Å²) in [5.41, 5.74) is 0.400. The second-order valence-corrected chi connectivity index (χ2v) is 4.34. The zero-order valence-corrected chi connectivity index (χ0v) is 10.2. The number of nitriles is 1. The van der Waals surface area contributed by atoms with Crippen LogP contribution in [0.25, 0.3) is 6.08 Å². The summed E-state index contributed by atoms with van der Waals surface area (Å²) in [7, 11) is 0. The largest absolute Gasteiger partial charge is 0.259 e. The Morgan fingerprint density at radius 3 is 2.78 bits per heavy atom. The molecule has 1 rings (SSSR count). The summed E-state index contributed by atoms with van der Waals surface area (Å²) in [4.78, 5) is 10.4. The Morgan fingerprint density at radius 1 is 1.61 bits per heavy atom. The first kappa shape index (κ1) is 13.8. The molecule has 0 unspecified atom stereocenters. The Hall–Kier alpha value is -2.22. The molecule has 94 valence electrons. The van der Waals surface area contributed by atoms with Crippen molar-refractivity contribution in [1.29, 1.82) is 5.26 Å². The number of hydrogen-bond acceptors (Lipinski definition) is 3. The van der Waals surface area contributed by atoms with Crippen LogP contribution in [0.2, 0.25) is 0 Å². The van der Waals surface area contributed by atoms with Crippen molar-refractivity contribution >= 4 is 6.08 Å². The normalized spacial score (nSPS) is 11.4. The summed E-state index contributed by atoms with van der Waals surface area (Å²) < 4.78 is 13.1. The molecule has 0 saturated heterocycles. The zero-order valence-electron chi connectivity index (χ0n) is 10.2. The lowest BCUT2D eigenvalue weighted by molar-refractivity contribution is -0.427. The van der Waals surface area contributed by atoms with Gasteiger partial charge in [-0.25, -0.2) is 4.39 Å². The van der Waals surface area contributed by atoms with E-state index >= 15 is 0 Å². The first-order valence-electron chi connectivity index (χ1n) is 5.48. The van der Waals surface area contributed by atoms with E-state index in [-0.39, 0.29) is 17.2 Å². The highest BCUT2D eigenvalue weighted by Crippen LogP contribution is 2.17. The van der Waals surface area contributed by atoms with Crippen LogP contribution in [0.4, 0.5) is 4.39 Å². The number of benzene rings is 1. The average molecular weight is 248 g/mol. The molecular formula is C13H13FN2O2. The fraction of sp³-hybridized carbons (Fsp3) is 0.308. The Kier molecular flexibility index (Phi) is 4.55. The first-order valence-corrected chi connectivity index (χ1v) is 5.48. The van der Waals surface area contributed by atoms with E-state index in [2.05, 4.69) is 0 Å². The van der Waals surface area contributed by atoms with Crippen molar-refractivity contribution in [3.63, 3.8) is 0 Å². The highest BCUT2D eigenvalue weighted by atomic mass is 19.1. The van der Waals surface area contributed by atoms with Crippen LogP contribution in [-0.2, 0) is 0 Å². The molecule has 0 atom stereocenters. The molecule has 0 saturated carbocycles. The highest BCUT2D eigenvalue weighted by Gasteiger charge is 2.13. The number of hydrogen-bond donors (Lipinski definition) is 0. The number of nitro groups is 1. The molecule has 4 nitrogen and oxygen atoms in total. The van der Waals surface area contributed by atoms with E-state index in [4.69, 9.17) is 5.26 Å². The molecular weight excluding hydrogens is 235 g/mol. The van der Waals surface area contributed by atoms with Gasteiger partial charge in [-0.3, -0.25) is 10.1 Å². The minimum atomic E-state index is -0.624. The van der Waals surface area contributed by atoms with Crippen LogP contribution in [0.15, 0.2) is 23.9 Å². The minimum absolute atomic E-state index is 0.0560. The van der Waals surface area contributed by atoms with Gasteiger partial charge in [0.25, 0.3) is 0 Å². The van der Waals surface area contributed by atoms with E-state index < -0.39 is 10.7 Å². The minimum Gasteiger partial charge on any atom is -0.259 e. The first-order chi connectivity index (χ1) is 8.43. The van der Waals surface area contributed by atoms with E-state index in [9.17, 15) is 14.5 Å². The molecule has 0 aliphatic carbocycles. The third-order valence-electron chi connectivity index (χ3n) is 2.30. The van der Waals surface area contributed by atoms with E-state index in [1.807, 2.05) is 13.8 Å². The molecule has 0 amide bonds. The molecule has 5 heteroatoms. The second-order valence-electron chi connectivity index (χ2n) is 4.34. The number of nitrogens with zero attached hydrogens (tertiary/aromatic N) is 2. The van der Waals surface area contributed by atoms with Gasteiger partial charge in [0.15, 0.2) is 0 Å². The van der Waals surface area contributed by atoms with Gasteiger partial charge in [0.2, 0.25) is 5.70 Å². The predicted molar refractivity (Wildman–Crippen MR) is 65.5 cm³/mol. The molecule has 1 aromatic rings. The van der Waals surface area contributed by atoms with Gasteiger partial charge < -0.3 is 0 Å². The Morgan fingerprint density at radius 2 is 2.28 bits per heavy atom. The van der Waals surface area contributed by atoms with Crippen molar-refractivity contribution in [1.82, 2.24) is 0 Å². The summed E-state index contributed by atoms with van der Waals surface area (Å²) in [6, 6.07) is 5.56. The lowest BCUT2D eigenvalue weighted by Gasteiger charge is -2.02. The fourth-order valence-corrected chi connectivity index (χ4v) is 1.52. The molecule has 0 aliphatic heterocycles. The van der Waals surface area contributed by atoms with Gasteiger partial charge in [-0.15, -0.1) is 0 Å². The van der Waals surface area contributed by atoms with Crippen molar-refractivity contribution in [2.24, 2.45) is 5.92 Å². The maximum Gasteiger partial charge on any atom is 0.247 e. The van der Waals surface area contributed by atoms with Gasteiger partial charge in [-0.1, -0.05) is 19.9 Å². The molecule has 0 heterocycles. The van der Waals surface area contributed by atoms with Crippen LogP contribution >= 0.6 is 0 Å². The zero-order chi connectivity index (χ0) is 13.7. The molecule has 0 bridgehead atoms. The topological polar surface area (TPSA) is 66.9 Å². The van der Waals surface area contributed by atoms with Crippen molar-refractivity contribution < 1.29 is 9.31 Å². The summed E-state index contributed by atoms with van der Waals surface area (Å²) in [6.07, 6.45) is 1.70. The van der Waals surface area contributed by atoms with E-state index in [1.165, 1.54) is 18.2 Å². The average Bonchev–Trinajstić information content (AvgIpc) is 2.29. The maximum absolute atomic E-state index is 13.1. The molecule has 0 fully saturated rings. The highest BCUT2D eigenvalue weighted by molar-refractivity contribution is 5.54. The van der Waals surface area contributed by atoms with Gasteiger partial charge in [0, 0.05) is 12.5 Å². The van der Waals surface area contributed by atoms with Crippen LogP contribution < -0.4 is 0 Å². The van der Waals surface area contributed by atoms with E-state index in [0.717, 1.165) is 6.07 Å². The molecule has 0 aliphatic rings. The summed E-state index contributed by atoms with van der Waals surface area (Å²) >= 11 is 0. The van der Waals surface area contributed by atoms with E-state index in [1.54, 1.807) is 6.07 Å². The molecule has 0 radical (unpaired) electrons. The van der Waals surface area contributed by atoms with Crippen molar-refractivity contribution in [2.45, 2.75) is 20.3 Å². The van der Waals surface area contributed by atoms with Crippen LogP contribution in [0.5, 0.6) is 0 Å². The Labute approximate surface area is 105 Å². The molecule has 18 heavy (non-hydrogen) atoms. The predicted octanol–water partition coefficient (Wildman–Crippen LogP) is 3.36. The van der Waals surface area contributed by atoms with Crippen molar-refractivity contribution in [3.05, 3.63) is 51.0 Å². The third kappa shape index (κ3) is 3.67. The maximum atomic E-state index is 13.1. The van der Waals surface area contributed by atoms with Crippen LogP contribution in [0.3, 0.4) is 0 Å². The number of allylic oxidation sites excluding steroid dienone is 1.